The molecular weight excluding hydrogens is 757 g/mol. The molecular formula is C48H56N6O6. The van der Waals surface area contributed by atoms with Gasteiger partial charge in [0.25, 0.3) is 0 Å². The van der Waals surface area contributed by atoms with Crippen molar-refractivity contribution in [3.05, 3.63) is 149 Å². The molecule has 2 aromatic heterocycles. The van der Waals surface area contributed by atoms with E-state index in [2.05, 4.69) is 15.3 Å². The van der Waals surface area contributed by atoms with Crippen molar-refractivity contribution in [2.24, 2.45) is 5.41 Å². The molecule has 60 heavy (non-hydrogen) atoms. The van der Waals surface area contributed by atoms with E-state index in [9.17, 15) is 24.6 Å². The standard InChI is InChI=1S/C48H56N6O6/c1-33-14-12-19-38(49-33)32-52-26-27-53(46(52)57)44(48(2,3)4)45(56)51-41(29-34-15-8-6-9-16-34)42(55)30-39(54(47(58)59)31-36-17-10-7-11-18-36)28-35-22-24-37(25-23-35)40-20-13-21-43(50-40)60-5/h6-25,39,41-42,44,55H,26-32H2,1-5H3,(H,51,56)(H,58,59)/t39-,41-,42-,44+/m0/s1. The van der Waals surface area contributed by atoms with Gasteiger partial charge >= 0.3 is 12.1 Å². The molecule has 6 rings (SSSR count). The van der Waals surface area contributed by atoms with Gasteiger partial charge in [0.05, 0.1) is 37.2 Å². The summed E-state index contributed by atoms with van der Waals surface area (Å²) in [5.74, 6) is 0.114. The minimum atomic E-state index is -1.17. The van der Waals surface area contributed by atoms with Gasteiger partial charge in [-0.05, 0) is 66.5 Å². The third kappa shape index (κ3) is 11.3. The molecule has 3 aromatic carbocycles. The fourth-order valence-electron chi connectivity index (χ4n) is 7.96. The van der Waals surface area contributed by atoms with E-state index in [1.165, 1.54) is 4.90 Å². The number of carboxylic acid groups (broad SMARTS) is 1. The topological polar surface area (TPSA) is 148 Å². The minimum absolute atomic E-state index is 0.0240. The van der Waals surface area contributed by atoms with E-state index in [4.69, 9.17) is 4.74 Å². The van der Waals surface area contributed by atoms with Gasteiger partial charge in [-0.3, -0.25) is 9.78 Å². The number of urea groups is 1. The first-order valence-electron chi connectivity index (χ1n) is 20.4. The van der Waals surface area contributed by atoms with Crippen LogP contribution in [0.3, 0.4) is 0 Å². The zero-order valence-corrected chi connectivity index (χ0v) is 35.1. The van der Waals surface area contributed by atoms with E-state index in [1.54, 1.807) is 23.0 Å². The molecule has 0 unspecified atom stereocenters. The normalized spacial score (nSPS) is 14.9. The Morgan fingerprint density at radius 3 is 2.10 bits per heavy atom. The number of nitrogens with zero attached hydrogens (tertiary/aromatic N) is 5. The number of nitrogens with one attached hydrogen (secondary N) is 1. The molecule has 1 aliphatic heterocycles. The number of carbonyl (C=O) groups is 3. The number of aliphatic hydroxyl groups is 1. The molecule has 0 aliphatic carbocycles. The van der Waals surface area contributed by atoms with Crippen molar-refractivity contribution < 1.29 is 29.3 Å². The van der Waals surface area contributed by atoms with E-state index in [-0.39, 0.29) is 31.3 Å². The summed E-state index contributed by atoms with van der Waals surface area (Å²) in [5.41, 5.74) is 5.15. The van der Waals surface area contributed by atoms with E-state index >= 15 is 0 Å². The van der Waals surface area contributed by atoms with Crippen LogP contribution in [-0.4, -0.2) is 97.3 Å². The largest absolute Gasteiger partial charge is 0.481 e. The lowest BCUT2D eigenvalue weighted by atomic mass is 9.84. The minimum Gasteiger partial charge on any atom is -0.481 e. The van der Waals surface area contributed by atoms with E-state index < -0.39 is 35.7 Å². The third-order valence-electron chi connectivity index (χ3n) is 10.9. The van der Waals surface area contributed by atoms with Crippen molar-refractivity contribution in [3.63, 3.8) is 0 Å². The Labute approximate surface area is 352 Å². The average molecular weight is 813 g/mol. The first-order chi connectivity index (χ1) is 28.8. The Morgan fingerprint density at radius 2 is 1.47 bits per heavy atom. The molecule has 1 saturated heterocycles. The fraction of sp³-hybridized carbons (Fsp3) is 0.354. The highest BCUT2D eigenvalue weighted by Gasteiger charge is 2.44. The highest BCUT2D eigenvalue weighted by atomic mass is 16.5. The second-order valence-corrected chi connectivity index (χ2v) is 16.6. The summed E-state index contributed by atoms with van der Waals surface area (Å²) in [6.07, 6.45) is -1.69. The number of aryl methyl sites for hydroxylation is 1. The van der Waals surface area contributed by atoms with Crippen molar-refractivity contribution in [2.45, 2.75) is 84.3 Å². The molecule has 0 spiro atoms. The predicted octanol–water partition coefficient (Wildman–Crippen LogP) is 7.38. The number of benzene rings is 3. The number of pyridine rings is 2. The number of methoxy groups -OCH3 is 1. The Kier molecular flexibility index (Phi) is 14.2. The molecule has 0 saturated carbocycles. The van der Waals surface area contributed by atoms with Crippen LogP contribution in [0.15, 0.2) is 121 Å². The monoisotopic (exact) mass is 812 g/mol. The second kappa shape index (κ2) is 19.7. The van der Waals surface area contributed by atoms with Crippen LogP contribution in [0.1, 0.15) is 55.3 Å². The number of hydrogen-bond donors (Lipinski definition) is 3. The van der Waals surface area contributed by atoms with Gasteiger partial charge < -0.3 is 35.0 Å². The highest BCUT2D eigenvalue weighted by molar-refractivity contribution is 5.89. The molecule has 1 aliphatic rings. The molecule has 12 nitrogen and oxygen atoms in total. The molecule has 12 heteroatoms. The maximum absolute atomic E-state index is 14.6. The maximum atomic E-state index is 14.6. The molecule has 4 atom stereocenters. The Bertz CT molecular complexity index is 2200. The van der Waals surface area contributed by atoms with Gasteiger partial charge in [0, 0.05) is 43.0 Å². The number of hydrogen-bond acceptors (Lipinski definition) is 7. The van der Waals surface area contributed by atoms with Crippen LogP contribution in [0, 0.1) is 12.3 Å². The van der Waals surface area contributed by atoms with Crippen LogP contribution in [-0.2, 0) is 30.7 Å². The maximum Gasteiger partial charge on any atom is 0.407 e. The Hall–Kier alpha value is -6.27. The van der Waals surface area contributed by atoms with Crippen molar-refractivity contribution in [3.8, 4) is 17.1 Å². The summed E-state index contributed by atoms with van der Waals surface area (Å²) in [7, 11) is 1.57. The van der Waals surface area contributed by atoms with E-state index in [0.29, 0.717) is 31.9 Å². The molecule has 4 amide bonds. The van der Waals surface area contributed by atoms with Crippen molar-refractivity contribution in [1.82, 2.24) is 30.0 Å². The zero-order valence-electron chi connectivity index (χ0n) is 35.1. The van der Waals surface area contributed by atoms with Gasteiger partial charge in [-0.25, -0.2) is 14.6 Å². The summed E-state index contributed by atoms with van der Waals surface area (Å²) in [4.78, 5) is 55.5. The first kappa shape index (κ1) is 43.3. The number of aromatic nitrogens is 2. The van der Waals surface area contributed by atoms with Gasteiger partial charge in [0.1, 0.15) is 6.04 Å². The van der Waals surface area contributed by atoms with Crippen LogP contribution in [0.2, 0.25) is 0 Å². The molecule has 314 valence electrons. The van der Waals surface area contributed by atoms with Crippen molar-refractivity contribution in [1.29, 1.82) is 0 Å². The lowest BCUT2D eigenvalue weighted by Crippen LogP contribution is -2.58. The summed E-state index contributed by atoms with van der Waals surface area (Å²) < 4.78 is 5.31. The molecule has 3 heterocycles. The second-order valence-electron chi connectivity index (χ2n) is 16.6. The number of ether oxygens (including phenoxy) is 1. The third-order valence-corrected chi connectivity index (χ3v) is 10.9. The molecule has 3 N–H and O–H groups in total. The Morgan fingerprint density at radius 1 is 0.817 bits per heavy atom. The zero-order chi connectivity index (χ0) is 42.8. The van der Waals surface area contributed by atoms with Crippen molar-refractivity contribution in [2.75, 3.05) is 20.2 Å². The SMILES string of the molecule is COc1cccc(-c2ccc(C[C@@H](C[C@H](O)[C@H](Cc3ccccc3)NC(=O)[C@@H](N3CCN(Cc4cccc(C)n4)C3=O)C(C)(C)C)N(Cc3ccccc3)C(=O)O)cc2)n1. The van der Waals surface area contributed by atoms with Gasteiger partial charge in [-0.2, -0.15) is 0 Å². The average Bonchev–Trinajstić information content (AvgIpc) is 3.57. The lowest BCUT2D eigenvalue weighted by Gasteiger charge is -2.38. The summed E-state index contributed by atoms with van der Waals surface area (Å²) in [6.45, 7) is 8.92. The molecule has 0 radical (unpaired) electrons. The number of amides is 4. The summed E-state index contributed by atoms with van der Waals surface area (Å²) in [6, 6.07) is 35.4. The van der Waals surface area contributed by atoms with E-state index in [1.807, 2.05) is 143 Å². The van der Waals surface area contributed by atoms with Crippen LogP contribution in [0.5, 0.6) is 5.88 Å². The molecule has 0 bridgehead atoms. The fourth-order valence-corrected chi connectivity index (χ4v) is 7.96. The smallest absolute Gasteiger partial charge is 0.407 e. The number of rotatable bonds is 17. The van der Waals surface area contributed by atoms with Gasteiger partial charge in [0.2, 0.25) is 11.8 Å². The van der Waals surface area contributed by atoms with Gasteiger partial charge in [0.15, 0.2) is 0 Å². The summed E-state index contributed by atoms with van der Waals surface area (Å²) in [5, 5.41) is 26.2. The first-order valence-corrected chi connectivity index (χ1v) is 20.4. The summed E-state index contributed by atoms with van der Waals surface area (Å²) >= 11 is 0. The Balaban J connectivity index is 1.27. The number of aliphatic hydroxyl groups excluding tert-OH is 1. The van der Waals surface area contributed by atoms with E-state index in [0.717, 1.165) is 39.3 Å². The predicted molar refractivity (Wildman–Crippen MR) is 231 cm³/mol. The highest BCUT2D eigenvalue weighted by Crippen LogP contribution is 2.30. The van der Waals surface area contributed by atoms with Crippen molar-refractivity contribution >= 4 is 18.0 Å². The van der Waals surface area contributed by atoms with Crippen LogP contribution in [0.4, 0.5) is 9.59 Å². The van der Waals surface area contributed by atoms with Crippen LogP contribution in [0.25, 0.3) is 11.3 Å². The van der Waals surface area contributed by atoms with Crippen LogP contribution >= 0.6 is 0 Å². The van der Waals surface area contributed by atoms with Gasteiger partial charge in [-0.15, -0.1) is 0 Å². The molecule has 1 fully saturated rings. The quantitative estimate of drug-likeness (QED) is 0.0882. The van der Waals surface area contributed by atoms with Crippen LogP contribution < -0.4 is 10.1 Å². The molecule has 5 aromatic rings. The van der Waals surface area contributed by atoms with Gasteiger partial charge in [-0.1, -0.05) is 118 Å². The number of carbonyl (C=O) groups excluding carboxylic acids is 2. The lowest BCUT2D eigenvalue weighted by molar-refractivity contribution is -0.130.